The van der Waals surface area contributed by atoms with Crippen molar-refractivity contribution in [1.82, 2.24) is 19.6 Å². The minimum absolute atomic E-state index is 0.161. The maximum atomic E-state index is 11.6. The molecular formula is C11H14BrN5O2. The minimum atomic E-state index is -0.258. The summed E-state index contributed by atoms with van der Waals surface area (Å²) in [5.74, 6) is 1.46. The highest BCUT2D eigenvalue weighted by Gasteiger charge is 2.21. The molecule has 0 saturated carbocycles. The number of aryl methyl sites for hydroxylation is 1. The van der Waals surface area contributed by atoms with Crippen molar-refractivity contribution in [3.8, 4) is 0 Å². The van der Waals surface area contributed by atoms with Crippen LogP contribution in [0.15, 0.2) is 10.9 Å². The number of alkyl halides is 1. The molecule has 1 aliphatic heterocycles. The molecule has 3 heterocycles. The van der Waals surface area contributed by atoms with Crippen LogP contribution in [-0.2, 0) is 4.74 Å². The Balaban J connectivity index is 1.98. The fraction of sp³-hybridized carbons (Fsp3) is 0.545. The third-order valence-corrected chi connectivity index (χ3v) is 3.91. The molecule has 1 unspecified atom stereocenters. The molecule has 3 rings (SSSR count). The van der Waals surface area contributed by atoms with Crippen molar-refractivity contribution in [1.29, 1.82) is 0 Å². The fourth-order valence-electron chi connectivity index (χ4n) is 2.27. The van der Waals surface area contributed by atoms with E-state index in [2.05, 4.69) is 36.0 Å². The highest BCUT2D eigenvalue weighted by Crippen LogP contribution is 2.17. The lowest BCUT2D eigenvalue weighted by Crippen LogP contribution is -2.43. The van der Waals surface area contributed by atoms with E-state index < -0.39 is 0 Å². The van der Waals surface area contributed by atoms with Gasteiger partial charge in [0.05, 0.1) is 12.7 Å². The number of hydrogen-bond acceptors (Lipinski definition) is 5. The fourth-order valence-corrected chi connectivity index (χ4v) is 2.66. The molecule has 1 N–H and O–H groups in total. The molecule has 1 saturated heterocycles. The van der Waals surface area contributed by atoms with Crippen molar-refractivity contribution in [2.24, 2.45) is 0 Å². The summed E-state index contributed by atoms with van der Waals surface area (Å²) in [7, 11) is 0. The molecule has 1 atom stereocenters. The van der Waals surface area contributed by atoms with Gasteiger partial charge in [0, 0.05) is 24.5 Å². The lowest BCUT2D eigenvalue weighted by Gasteiger charge is -2.33. The quantitative estimate of drug-likeness (QED) is 0.804. The maximum Gasteiger partial charge on any atom is 0.349 e. The van der Waals surface area contributed by atoms with E-state index >= 15 is 0 Å². The van der Waals surface area contributed by atoms with Gasteiger partial charge in [-0.1, -0.05) is 15.9 Å². The highest BCUT2D eigenvalue weighted by atomic mass is 79.9. The molecule has 0 bridgehead atoms. The van der Waals surface area contributed by atoms with Crippen LogP contribution < -0.4 is 10.6 Å². The molecule has 0 aromatic carbocycles. The molecule has 0 amide bonds. The largest absolute Gasteiger partial charge is 0.374 e. The summed E-state index contributed by atoms with van der Waals surface area (Å²) < 4.78 is 7.07. The highest BCUT2D eigenvalue weighted by molar-refractivity contribution is 9.09. The van der Waals surface area contributed by atoms with Gasteiger partial charge in [-0.15, -0.1) is 0 Å². The zero-order valence-corrected chi connectivity index (χ0v) is 12.1. The predicted molar refractivity (Wildman–Crippen MR) is 74.1 cm³/mol. The van der Waals surface area contributed by atoms with E-state index in [1.807, 2.05) is 6.07 Å². The Morgan fingerprint density at radius 2 is 2.47 bits per heavy atom. The number of aromatic nitrogens is 4. The average molecular weight is 328 g/mol. The number of nitrogens with one attached hydrogen (secondary N) is 1. The molecule has 2 aromatic heterocycles. The number of fused-ring (bicyclic) bond motifs is 1. The van der Waals surface area contributed by atoms with Gasteiger partial charge in [-0.3, -0.25) is 0 Å². The Morgan fingerprint density at radius 3 is 3.26 bits per heavy atom. The second-order valence-electron chi connectivity index (χ2n) is 4.48. The van der Waals surface area contributed by atoms with Gasteiger partial charge in [-0.2, -0.15) is 5.10 Å². The Hall–Kier alpha value is -1.41. The molecule has 102 valence electrons. The summed E-state index contributed by atoms with van der Waals surface area (Å²) >= 11 is 3.43. The number of hydrogen-bond donors (Lipinski definition) is 1. The molecule has 1 fully saturated rings. The molecule has 8 heteroatoms. The van der Waals surface area contributed by atoms with Crippen molar-refractivity contribution >= 4 is 27.4 Å². The zero-order valence-electron chi connectivity index (χ0n) is 10.5. The van der Waals surface area contributed by atoms with E-state index in [-0.39, 0.29) is 11.8 Å². The van der Waals surface area contributed by atoms with E-state index in [9.17, 15) is 4.79 Å². The van der Waals surface area contributed by atoms with E-state index in [0.29, 0.717) is 18.1 Å². The molecule has 0 aliphatic carbocycles. The van der Waals surface area contributed by atoms with Crippen molar-refractivity contribution in [3.63, 3.8) is 0 Å². The van der Waals surface area contributed by atoms with Gasteiger partial charge >= 0.3 is 5.69 Å². The van der Waals surface area contributed by atoms with Gasteiger partial charge in [0.15, 0.2) is 5.65 Å². The van der Waals surface area contributed by atoms with Crippen LogP contribution in [0.4, 0.5) is 5.82 Å². The number of aromatic amines is 1. The first-order valence-corrected chi connectivity index (χ1v) is 7.18. The van der Waals surface area contributed by atoms with E-state index in [0.717, 1.165) is 24.2 Å². The van der Waals surface area contributed by atoms with Crippen molar-refractivity contribution < 1.29 is 4.74 Å². The van der Waals surface area contributed by atoms with Crippen LogP contribution in [0.1, 0.15) is 5.82 Å². The lowest BCUT2D eigenvalue weighted by molar-refractivity contribution is 0.0568. The Kier molecular flexibility index (Phi) is 3.28. The van der Waals surface area contributed by atoms with Gasteiger partial charge < -0.3 is 9.64 Å². The van der Waals surface area contributed by atoms with Gasteiger partial charge in [-0.05, 0) is 6.92 Å². The van der Waals surface area contributed by atoms with Crippen LogP contribution >= 0.6 is 15.9 Å². The summed E-state index contributed by atoms with van der Waals surface area (Å²) in [6.07, 6.45) is 0.161. The number of H-pyrrole nitrogens is 1. The molecule has 2 aromatic rings. The first kappa shape index (κ1) is 12.6. The van der Waals surface area contributed by atoms with E-state index in [4.69, 9.17) is 4.74 Å². The van der Waals surface area contributed by atoms with Crippen molar-refractivity contribution in [2.75, 3.05) is 29.9 Å². The maximum absolute atomic E-state index is 11.6. The molecule has 0 radical (unpaired) electrons. The first-order chi connectivity index (χ1) is 9.19. The van der Waals surface area contributed by atoms with Gasteiger partial charge in [0.25, 0.3) is 0 Å². The van der Waals surface area contributed by atoms with Gasteiger partial charge in [-0.25, -0.2) is 19.3 Å². The van der Waals surface area contributed by atoms with Crippen LogP contribution in [0.25, 0.3) is 5.65 Å². The second kappa shape index (κ2) is 4.93. The first-order valence-electron chi connectivity index (χ1n) is 6.06. The number of halogens is 1. The topological polar surface area (TPSA) is 75.5 Å². The Morgan fingerprint density at radius 1 is 1.63 bits per heavy atom. The molecule has 0 spiro atoms. The number of nitrogens with zero attached hydrogens (tertiary/aromatic N) is 4. The van der Waals surface area contributed by atoms with Crippen molar-refractivity contribution in [3.05, 3.63) is 22.4 Å². The smallest absolute Gasteiger partial charge is 0.349 e. The van der Waals surface area contributed by atoms with Crippen LogP contribution in [0.3, 0.4) is 0 Å². The average Bonchev–Trinajstić information content (AvgIpc) is 2.81. The molecule has 19 heavy (non-hydrogen) atoms. The third kappa shape index (κ3) is 2.25. The number of ether oxygens (including phenoxy) is 1. The lowest BCUT2D eigenvalue weighted by atomic mass is 10.3. The standard InChI is InChI=1S/C11H14BrN5O2/c1-7-13-9(4-10-14-15-11(18)17(7)10)16-2-3-19-8(5-12)6-16/h4,8H,2-3,5-6H2,1H3,(H,15,18). The molecule has 7 nitrogen and oxygen atoms in total. The summed E-state index contributed by atoms with van der Waals surface area (Å²) in [4.78, 5) is 18.2. The Bertz CT molecular complexity index is 652. The SMILES string of the molecule is Cc1nc(N2CCOC(CBr)C2)cc2n[nH]c(=O)n12. The van der Waals surface area contributed by atoms with Crippen LogP contribution in [-0.4, -0.2) is 50.7 Å². The van der Waals surface area contributed by atoms with Crippen LogP contribution in [0, 0.1) is 6.92 Å². The molecule has 1 aliphatic rings. The third-order valence-electron chi connectivity index (χ3n) is 3.19. The van der Waals surface area contributed by atoms with Gasteiger partial charge in [0.2, 0.25) is 0 Å². The molecular weight excluding hydrogens is 314 g/mol. The van der Waals surface area contributed by atoms with E-state index in [1.54, 1.807) is 6.92 Å². The summed E-state index contributed by atoms with van der Waals surface area (Å²) in [6, 6.07) is 1.82. The van der Waals surface area contributed by atoms with Gasteiger partial charge in [0.1, 0.15) is 11.6 Å². The Labute approximate surface area is 117 Å². The zero-order chi connectivity index (χ0) is 13.4. The summed E-state index contributed by atoms with van der Waals surface area (Å²) in [6.45, 7) is 4.05. The summed E-state index contributed by atoms with van der Waals surface area (Å²) in [5.41, 5.74) is 0.334. The minimum Gasteiger partial charge on any atom is -0.374 e. The van der Waals surface area contributed by atoms with E-state index in [1.165, 1.54) is 4.40 Å². The van der Waals surface area contributed by atoms with Crippen molar-refractivity contribution in [2.45, 2.75) is 13.0 Å². The predicted octanol–water partition coefficient (Wildman–Crippen LogP) is 0.326. The normalized spacial score (nSPS) is 20.1. The van der Waals surface area contributed by atoms with Crippen LogP contribution in [0.2, 0.25) is 0 Å². The second-order valence-corrected chi connectivity index (χ2v) is 5.12. The monoisotopic (exact) mass is 327 g/mol. The summed E-state index contributed by atoms with van der Waals surface area (Å²) in [5, 5.41) is 7.22. The number of anilines is 1. The number of rotatable bonds is 2. The van der Waals surface area contributed by atoms with Crippen LogP contribution in [0.5, 0.6) is 0 Å². The number of morpholine rings is 1.